The van der Waals surface area contributed by atoms with Crippen LogP contribution in [0.3, 0.4) is 0 Å². The molecule has 1 heteroatoms. The molecule has 1 nitrogen and oxygen atoms in total. The molecule has 11 heavy (non-hydrogen) atoms. The number of ketones is 1. The zero-order valence-corrected chi connectivity index (χ0v) is 7.34. The molecule has 1 aliphatic rings. The number of hydrogen-bond acceptors (Lipinski definition) is 1. The van der Waals surface area contributed by atoms with Crippen LogP contribution < -0.4 is 0 Å². The summed E-state index contributed by atoms with van der Waals surface area (Å²) in [5.41, 5.74) is 0. The van der Waals surface area contributed by atoms with E-state index in [1.165, 1.54) is 6.42 Å². The van der Waals surface area contributed by atoms with Gasteiger partial charge in [0.1, 0.15) is 5.78 Å². The first kappa shape index (κ1) is 8.51. The maximum absolute atomic E-state index is 10.8. The van der Waals surface area contributed by atoms with Crippen molar-refractivity contribution in [1.29, 1.82) is 0 Å². The van der Waals surface area contributed by atoms with E-state index in [1.54, 1.807) is 6.92 Å². The third-order valence-corrected chi connectivity index (χ3v) is 2.20. The number of Topliss-reactive ketones (excluding diaryl/α,β-unsaturated/α-hetero) is 1. The third-order valence-electron chi connectivity index (χ3n) is 2.20. The number of carbonyl (C=O) groups is 1. The van der Waals surface area contributed by atoms with E-state index in [1.807, 2.05) is 0 Å². The summed E-state index contributed by atoms with van der Waals surface area (Å²) in [6, 6.07) is 0. The molecule has 0 radical (unpaired) electrons. The molecule has 1 rings (SSSR count). The smallest absolute Gasteiger partial charge is 0.133 e. The quantitative estimate of drug-likeness (QED) is 0.566. The Morgan fingerprint density at radius 1 is 1.64 bits per heavy atom. The average molecular weight is 152 g/mol. The van der Waals surface area contributed by atoms with Crippen molar-refractivity contribution in [3.63, 3.8) is 0 Å². The lowest BCUT2D eigenvalue weighted by atomic mass is 10.2. The molecule has 0 bridgehead atoms. The van der Waals surface area contributed by atoms with Crippen LogP contribution >= 0.6 is 0 Å². The minimum Gasteiger partial charge on any atom is -0.300 e. The Kier molecular flexibility index (Phi) is 2.86. The highest BCUT2D eigenvalue weighted by Gasteiger charge is 2.38. The summed E-state index contributed by atoms with van der Waals surface area (Å²) in [5.74, 6) is 1.30. The molecule has 0 amide bonds. The number of rotatable bonds is 4. The van der Waals surface area contributed by atoms with E-state index in [9.17, 15) is 4.79 Å². The standard InChI is InChI=1S/C10H16O/c1-3-4-5-6-9-7-10(9)8(2)11/h5-6,9-10H,3-4,7H2,1-2H3/b6-5+. The first-order chi connectivity index (χ1) is 5.25. The molecule has 0 saturated heterocycles. The monoisotopic (exact) mass is 152 g/mol. The van der Waals surface area contributed by atoms with Gasteiger partial charge in [-0.2, -0.15) is 0 Å². The fraction of sp³-hybridized carbons (Fsp3) is 0.700. The third kappa shape index (κ3) is 2.49. The maximum atomic E-state index is 10.8. The van der Waals surface area contributed by atoms with Crippen molar-refractivity contribution in [3.05, 3.63) is 12.2 Å². The predicted molar refractivity (Wildman–Crippen MR) is 46.3 cm³/mol. The molecule has 0 aliphatic heterocycles. The first-order valence-corrected chi connectivity index (χ1v) is 4.42. The van der Waals surface area contributed by atoms with Gasteiger partial charge in [0, 0.05) is 5.92 Å². The van der Waals surface area contributed by atoms with E-state index in [0.29, 0.717) is 17.6 Å². The van der Waals surface area contributed by atoms with Crippen LogP contribution in [-0.4, -0.2) is 5.78 Å². The summed E-state index contributed by atoms with van der Waals surface area (Å²) in [5, 5.41) is 0. The highest BCUT2D eigenvalue weighted by Crippen LogP contribution is 2.40. The molecule has 62 valence electrons. The molecular weight excluding hydrogens is 136 g/mol. The van der Waals surface area contributed by atoms with Crippen molar-refractivity contribution in [1.82, 2.24) is 0 Å². The molecule has 1 aliphatic carbocycles. The van der Waals surface area contributed by atoms with E-state index in [4.69, 9.17) is 0 Å². The zero-order valence-electron chi connectivity index (χ0n) is 7.34. The fourth-order valence-electron chi connectivity index (χ4n) is 1.33. The Morgan fingerprint density at radius 2 is 2.36 bits per heavy atom. The van der Waals surface area contributed by atoms with E-state index >= 15 is 0 Å². The summed E-state index contributed by atoms with van der Waals surface area (Å²) in [4.78, 5) is 10.8. The molecule has 0 spiro atoms. The molecular formula is C10H16O. The van der Waals surface area contributed by atoms with Crippen LogP contribution in [0.4, 0.5) is 0 Å². The molecule has 0 aromatic heterocycles. The molecule has 0 N–H and O–H groups in total. The molecule has 1 saturated carbocycles. The molecule has 0 aromatic rings. The normalized spacial score (nSPS) is 29.3. The first-order valence-electron chi connectivity index (χ1n) is 4.42. The van der Waals surface area contributed by atoms with Crippen molar-refractivity contribution < 1.29 is 4.79 Å². The molecule has 2 atom stereocenters. The topological polar surface area (TPSA) is 17.1 Å². The molecule has 1 fully saturated rings. The SMILES string of the molecule is CCC/C=C/C1CC1C(C)=O. The van der Waals surface area contributed by atoms with Crippen LogP contribution in [0.25, 0.3) is 0 Å². The highest BCUT2D eigenvalue weighted by atomic mass is 16.1. The second-order valence-corrected chi connectivity index (χ2v) is 3.33. The Hall–Kier alpha value is -0.590. The maximum Gasteiger partial charge on any atom is 0.133 e. The van der Waals surface area contributed by atoms with Crippen molar-refractivity contribution in [2.24, 2.45) is 11.8 Å². The second kappa shape index (κ2) is 3.70. The minimum absolute atomic E-state index is 0.358. The van der Waals surface area contributed by atoms with Crippen molar-refractivity contribution in [2.75, 3.05) is 0 Å². The summed E-state index contributed by atoms with van der Waals surface area (Å²) < 4.78 is 0. The van der Waals surface area contributed by atoms with Crippen molar-refractivity contribution in [3.8, 4) is 0 Å². The van der Waals surface area contributed by atoms with E-state index in [2.05, 4.69) is 19.1 Å². The van der Waals surface area contributed by atoms with Crippen LogP contribution in [0.2, 0.25) is 0 Å². The number of unbranched alkanes of at least 4 members (excludes halogenated alkanes) is 1. The second-order valence-electron chi connectivity index (χ2n) is 3.33. The van der Waals surface area contributed by atoms with Crippen LogP contribution in [-0.2, 0) is 4.79 Å². The summed E-state index contributed by atoms with van der Waals surface area (Å²) >= 11 is 0. The lowest BCUT2D eigenvalue weighted by Gasteiger charge is -1.86. The van der Waals surface area contributed by atoms with E-state index < -0.39 is 0 Å². The average Bonchev–Trinajstić information content (AvgIpc) is 2.68. The largest absolute Gasteiger partial charge is 0.300 e. The molecule has 0 heterocycles. The van der Waals surface area contributed by atoms with Gasteiger partial charge in [-0.3, -0.25) is 4.79 Å². The number of carbonyl (C=O) groups excluding carboxylic acids is 1. The van der Waals surface area contributed by atoms with Gasteiger partial charge in [0.05, 0.1) is 0 Å². The fourth-order valence-corrected chi connectivity index (χ4v) is 1.33. The summed E-state index contributed by atoms with van der Waals surface area (Å²) in [7, 11) is 0. The van der Waals surface area contributed by atoms with Crippen LogP contribution in [0.1, 0.15) is 33.1 Å². The van der Waals surface area contributed by atoms with Crippen molar-refractivity contribution in [2.45, 2.75) is 33.1 Å². The van der Waals surface area contributed by atoms with Gasteiger partial charge in [-0.1, -0.05) is 25.5 Å². The Morgan fingerprint density at radius 3 is 2.82 bits per heavy atom. The van der Waals surface area contributed by atoms with Gasteiger partial charge in [0.15, 0.2) is 0 Å². The number of hydrogen-bond donors (Lipinski definition) is 0. The Labute approximate surface area is 68.5 Å². The Balaban J connectivity index is 2.17. The van der Waals surface area contributed by atoms with Crippen LogP contribution in [0.15, 0.2) is 12.2 Å². The summed E-state index contributed by atoms with van der Waals surface area (Å²) in [6.07, 6.45) is 7.85. The molecule has 0 aromatic carbocycles. The van der Waals surface area contributed by atoms with Gasteiger partial charge in [-0.05, 0) is 25.7 Å². The summed E-state index contributed by atoms with van der Waals surface area (Å²) in [6.45, 7) is 3.86. The highest BCUT2D eigenvalue weighted by molar-refractivity contribution is 5.81. The van der Waals surface area contributed by atoms with E-state index in [-0.39, 0.29) is 0 Å². The minimum atomic E-state index is 0.358. The van der Waals surface area contributed by atoms with E-state index in [0.717, 1.165) is 12.8 Å². The van der Waals surface area contributed by atoms with Gasteiger partial charge in [0.25, 0.3) is 0 Å². The van der Waals surface area contributed by atoms with Gasteiger partial charge in [0.2, 0.25) is 0 Å². The Bertz CT molecular complexity index is 170. The number of allylic oxidation sites excluding steroid dienone is 2. The van der Waals surface area contributed by atoms with Gasteiger partial charge in [-0.15, -0.1) is 0 Å². The lowest BCUT2D eigenvalue weighted by Crippen LogP contribution is -1.93. The van der Waals surface area contributed by atoms with Gasteiger partial charge < -0.3 is 0 Å². The van der Waals surface area contributed by atoms with Crippen molar-refractivity contribution >= 4 is 5.78 Å². The predicted octanol–water partition coefficient (Wildman–Crippen LogP) is 2.57. The van der Waals surface area contributed by atoms with Gasteiger partial charge >= 0.3 is 0 Å². The van der Waals surface area contributed by atoms with Gasteiger partial charge in [-0.25, -0.2) is 0 Å². The zero-order chi connectivity index (χ0) is 8.27. The van der Waals surface area contributed by atoms with Crippen LogP contribution in [0.5, 0.6) is 0 Å². The van der Waals surface area contributed by atoms with Crippen LogP contribution in [0, 0.1) is 11.8 Å². The lowest BCUT2D eigenvalue weighted by molar-refractivity contribution is -0.118. The molecule has 2 unspecified atom stereocenters.